The van der Waals surface area contributed by atoms with Gasteiger partial charge < -0.3 is 9.84 Å². The van der Waals surface area contributed by atoms with Crippen molar-refractivity contribution in [2.24, 2.45) is 0 Å². The largest absolute Gasteiger partial charge is 0.479 e. The van der Waals surface area contributed by atoms with Crippen molar-refractivity contribution in [3.63, 3.8) is 0 Å². The van der Waals surface area contributed by atoms with Gasteiger partial charge in [-0.05, 0) is 17.7 Å². The molecule has 2 rings (SSSR count). The molecule has 1 fully saturated rings. The Labute approximate surface area is 117 Å². The van der Waals surface area contributed by atoms with Crippen molar-refractivity contribution in [2.75, 3.05) is 19.7 Å². The summed E-state index contributed by atoms with van der Waals surface area (Å²) in [5.41, 5.74) is -1.04. The van der Waals surface area contributed by atoms with E-state index in [-0.39, 0.29) is 25.3 Å². The predicted molar refractivity (Wildman–Crippen MR) is 64.1 cm³/mol. The number of rotatable bonds is 3. The van der Waals surface area contributed by atoms with Crippen molar-refractivity contribution in [1.82, 2.24) is 4.90 Å². The quantitative estimate of drug-likeness (QED) is 0.869. The van der Waals surface area contributed by atoms with Crippen molar-refractivity contribution in [1.29, 1.82) is 0 Å². The van der Waals surface area contributed by atoms with Gasteiger partial charge in [-0.25, -0.2) is 9.18 Å². The van der Waals surface area contributed by atoms with Gasteiger partial charge >= 0.3 is 12.1 Å². The molecule has 1 N–H and O–H groups in total. The van der Waals surface area contributed by atoms with Crippen LogP contribution in [0.1, 0.15) is 11.1 Å². The van der Waals surface area contributed by atoms with E-state index < -0.39 is 29.6 Å². The molecule has 0 radical (unpaired) electrons. The summed E-state index contributed by atoms with van der Waals surface area (Å²) < 4.78 is 56.1. The van der Waals surface area contributed by atoms with Crippen LogP contribution in [0, 0.1) is 5.82 Å². The fourth-order valence-electron chi connectivity index (χ4n) is 2.14. The summed E-state index contributed by atoms with van der Waals surface area (Å²) in [6.45, 7) is 0.775. The highest BCUT2D eigenvalue weighted by molar-refractivity contribution is 5.72. The maximum absolute atomic E-state index is 13.2. The summed E-state index contributed by atoms with van der Waals surface area (Å²) in [7, 11) is 0. The molecule has 0 aliphatic carbocycles. The molecule has 0 aromatic heterocycles. The van der Waals surface area contributed by atoms with Gasteiger partial charge in [0.15, 0.2) is 6.10 Å². The number of nitrogens with zero attached hydrogens (tertiary/aromatic N) is 1. The van der Waals surface area contributed by atoms with E-state index in [1.807, 2.05) is 0 Å². The molecule has 1 heterocycles. The number of ether oxygens (including phenoxy) is 1. The lowest BCUT2D eigenvalue weighted by molar-refractivity contribution is -0.156. The number of benzene rings is 1. The molecule has 0 spiro atoms. The van der Waals surface area contributed by atoms with Crippen molar-refractivity contribution in [2.45, 2.75) is 18.8 Å². The second kappa shape index (κ2) is 5.98. The van der Waals surface area contributed by atoms with Gasteiger partial charge in [-0.3, -0.25) is 4.90 Å². The molecule has 0 amide bonds. The fourth-order valence-corrected chi connectivity index (χ4v) is 2.14. The molecular weight excluding hydrogens is 294 g/mol. The van der Waals surface area contributed by atoms with Crippen LogP contribution in [0.25, 0.3) is 0 Å². The van der Waals surface area contributed by atoms with Crippen LogP contribution in [0.5, 0.6) is 0 Å². The first-order valence-electron chi connectivity index (χ1n) is 6.20. The smallest absolute Gasteiger partial charge is 0.419 e. The molecule has 1 aromatic carbocycles. The van der Waals surface area contributed by atoms with Gasteiger partial charge in [-0.2, -0.15) is 13.2 Å². The summed E-state index contributed by atoms with van der Waals surface area (Å²) in [6, 6.07) is 2.78. The van der Waals surface area contributed by atoms with Crippen molar-refractivity contribution >= 4 is 5.97 Å². The maximum Gasteiger partial charge on any atom is 0.419 e. The number of hydrogen-bond donors (Lipinski definition) is 1. The summed E-state index contributed by atoms with van der Waals surface area (Å²) in [6.07, 6.45) is -5.75. The van der Waals surface area contributed by atoms with Gasteiger partial charge in [0.25, 0.3) is 0 Å². The normalized spacial score (nSPS) is 20.5. The van der Waals surface area contributed by atoms with Crippen LogP contribution in [0.15, 0.2) is 18.2 Å². The van der Waals surface area contributed by atoms with Crippen LogP contribution in [-0.4, -0.2) is 41.8 Å². The zero-order chi connectivity index (χ0) is 15.6. The third kappa shape index (κ3) is 3.92. The van der Waals surface area contributed by atoms with Crippen LogP contribution in [0.4, 0.5) is 17.6 Å². The Balaban J connectivity index is 2.11. The number of morpholine rings is 1. The van der Waals surface area contributed by atoms with E-state index >= 15 is 0 Å². The summed E-state index contributed by atoms with van der Waals surface area (Å²) in [5, 5.41) is 8.86. The average molecular weight is 307 g/mol. The molecule has 1 atom stereocenters. The Kier molecular flexibility index (Phi) is 4.48. The molecule has 1 aromatic rings. The second-order valence-corrected chi connectivity index (χ2v) is 4.74. The molecule has 0 saturated carbocycles. The van der Waals surface area contributed by atoms with E-state index in [9.17, 15) is 22.4 Å². The predicted octanol–water partition coefficient (Wildman–Crippen LogP) is 2.13. The molecular formula is C13H13F4NO3. The third-order valence-corrected chi connectivity index (χ3v) is 3.17. The molecule has 8 heteroatoms. The highest BCUT2D eigenvalue weighted by atomic mass is 19.4. The average Bonchev–Trinajstić information content (AvgIpc) is 2.40. The van der Waals surface area contributed by atoms with Crippen molar-refractivity contribution in [3.05, 3.63) is 35.1 Å². The van der Waals surface area contributed by atoms with E-state index in [0.29, 0.717) is 6.54 Å². The second-order valence-electron chi connectivity index (χ2n) is 4.74. The monoisotopic (exact) mass is 307 g/mol. The highest BCUT2D eigenvalue weighted by Gasteiger charge is 2.34. The van der Waals surface area contributed by atoms with Gasteiger partial charge in [0.05, 0.1) is 12.2 Å². The Morgan fingerprint density at radius 3 is 2.76 bits per heavy atom. The van der Waals surface area contributed by atoms with Gasteiger partial charge in [0.2, 0.25) is 0 Å². The lowest BCUT2D eigenvalue weighted by atomic mass is 10.1. The van der Waals surface area contributed by atoms with E-state index in [4.69, 9.17) is 9.84 Å². The molecule has 116 valence electrons. The van der Waals surface area contributed by atoms with Crippen LogP contribution >= 0.6 is 0 Å². The molecule has 1 aliphatic rings. The first-order chi connectivity index (χ1) is 9.77. The van der Waals surface area contributed by atoms with Crippen LogP contribution in [0.2, 0.25) is 0 Å². The van der Waals surface area contributed by atoms with Crippen molar-refractivity contribution < 1.29 is 32.2 Å². The summed E-state index contributed by atoms with van der Waals surface area (Å²) in [4.78, 5) is 12.5. The fraction of sp³-hybridized carbons (Fsp3) is 0.462. The minimum atomic E-state index is -4.76. The summed E-state index contributed by atoms with van der Waals surface area (Å²) >= 11 is 0. The van der Waals surface area contributed by atoms with Crippen LogP contribution in [0.3, 0.4) is 0 Å². The summed E-state index contributed by atoms with van der Waals surface area (Å²) in [5.74, 6) is -2.44. The highest BCUT2D eigenvalue weighted by Crippen LogP contribution is 2.32. The van der Waals surface area contributed by atoms with Gasteiger partial charge in [0, 0.05) is 19.6 Å². The zero-order valence-electron chi connectivity index (χ0n) is 10.9. The zero-order valence-corrected chi connectivity index (χ0v) is 10.9. The van der Waals surface area contributed by atoms with Gasteiger partial charge in [0.1, 0.15) is 5.82 Å². The number of aliphatic carboxylic acids is 1. The minimum Gasteiger partial charge on any atom is -0.479 e. The topological polar surface area (TPSA) is 49.8 Å². The minimum absolute atomic E-state index is 0.0774. The number of carboxylic acids is 1. The first kappa shape index (κ1) is 15.7. The molecule has 0 bridgehead atoms. The molecule has 4 nitrogen and oxygen atoms in total. The van der Waals surface area contributed by atoms with E-state index in [1.165, 1.54) is 6.07 Å². The SMILES string of the molecule is O=C(O)C1CN(Cc2ccc(F)c(C(F)(F)F)c2)CCO1. The standard InChI is InChI=1S/C13H13F4NO3/c14-10-2-1-8(5-9(10)13(15,16)17)6-18-3-4-21-11(7-18)12(19)20/h1-2,5,11H,3-4,6-7H2,(H,19,20). The first-order valence-corrected chi connectivity index (χ1v) is 6.20. The van der Waals surface area contributed by atoms with E-state index in [2.05, 4.69) is 0 Å². The third-order valence-electron chi connectivity index (χ3n) is 3.17. The lowest BCUT2D eigenvalue weighted by Gasteiger charge is -2.30. The van der Waals surface area contributed by atoms with Crippen LogP contribution in [-0.2, 0) is 22.3 Å². The number of alkyl halides is 3. The van der Waals surface area contributed by atoms with Gasteiger partial charge in [-0.1, -0.05) is 6.07 Å². The number of hydrogen-bond acceptors (Lipinski definition) is 3. The number of carboxylic acid groups (broad SMARTS) is 1. The number of carbonyl (C=O) groups is 1. The Morgan fingerprint density at radius 2 is 2.14 bits per heavy atom. The van der Waals surface area contributed by atoms with Crippen LogP contribution < -0.4 is 0 Å². The van der Waals surface area contributed by atoms with Crippen molar-refractivity contribution in [3.8, 4) is 0 Å². The molecule has 1 saturated heterocycles. The Bertz CT molecular complexity index is 533. The Hall–Kier alpha value is -1.67. The van der Waals surface area contributed by atoms with E-state index in [1.54, 1.807) is 4.90 Å². The van der Waals surface area contributed by atoms with E-state index in [0.717, 1.165) is 12.1 Å². The van der Waals surface area contributed by atoms with Gasteiger partial charge in [-0.15, -0.1) is 0 Å². The lowest BCUT2D eigenvalue weighted by Crippen LogP contribution is -2.45. The number of halogens is 4. The molecule has 1 aliphatic heterocycles. The molecule has 1 unspecified atom stereocenters. The Morgan fingerprint density at radius 1 is 1.43 bits per heavy atom. The maximum atomic E-state index is 13.2. The molecule has 21 heavy (non-hydrogen) atoms.